The molecule has 0 amide bonds. The van der Waals surface area contributed by atoms with Gasteiger partial charge in [0.1, 0.15) is 5.82 Å². The van der Waals surface area contributed by atoms with Crippen molar-refractivity contribution < 1.29 is 4.39 Å². The van der Waals surface area contributed by atoms with E-state index in [0.29, 0.717) is 6.04 Å². The number of rotatable bonds is 6. The fourth-order valence-electron chi connectivity index (χ4n) is 3.16. The first kappa shape index (κ1) is 14.0. The summed E-state index contributed by atoms with van der Waals surface area (Å²) in [6.45, 7) is 6.30. The fourth-order valence-corrected chi connectivity index (χ4v) is 3.16. The Bertz CT molecular complexity index is 450. The van der Waals surface area contributed by atoms with Crippen LogP contribution in [0, 0.1) is 18.7 Å². The van der Waals surface area contributed by atoms with Gasteiger partial charge in [0, 0.05) is 25.7 Å². The Balaban J connectivity index is 1.62. The first-order valence-corrected chi connectivity index (χ1v) is 7.91. The molecule has 0 radical (unpaired) electrons. The molecule has 1 unspecified atom stereocenters. The molecule has 0 aromatic heterocycles. The molecule has 1 aliphatic carbocycles. The van der Waals surface area contributed by atoms with E-state index >= 15 is 0 Å². The molecule has 20 heavy (non-hydrogen) atoms. The molecule has 2 aliphatic rings. The lowest BCUT2D eigenvalue weighted by atomic mass is 10.1. The molecule has 1 heterocycles. The van der Waals surface area contributed by atoms with E-state index in [1.165, 1.54) is 37.8 Å². The molecule has 1 aromatic rings. The van der Waals surface area contributed by atoms with Gasteiger partial charge in [-0.2, -0.15) is 0 Å². The zero-order valence-electron chi connectivity index (χ0n) is 12.4. The number of nitrogens with one attached hydrogen (secondary N) is 1. The minimum atomic E-state index is -0.0973. The van der Waals surface area contributed by atoms with Crippen molar-refractivity contribution in [3.63, 3.8) is 0 Å². The van der Waals surface area contributed by atoms with E-state index in [-0.39, 0.29) is 5.82 Å². The number of halogens is 1. The van der Waals surface area contributed by atoms with Crippen molar-refractivity contribution in [2.45, 2.75) is 45.2 Å². The SMILES string of the molecule is Cc1cc(CN(CC2CC2)CC2CCCN2)ccc1F. The van der Waals surface area contributed by atoms with Gasteiger partial charge in [0.25, 0.3) is 0 Å². The minimum Gasteiger partial charge on any atom is -0.313 e. The fraction of sp³-hybridized carbons (Fsp3) is 0.647. The van der Waals surface area contributed by atoms with Crippen LogP contribution in [0.25, 0.3) is 0 Å². The van der Waals surface area contributed by atoms with Crippen molar-refractivity contribution in [2.75, 3.05) is 19.6 Å². The Morgan fingerprint density at radius 1 is 1.25 bits per heavy atom. The highest BCUT2D eigenvalue weighted by atomic mass is 19.1. The van der Waals surface area contributed by atoms with Crippen LogP contribution < -0.4 is 5.32 Å². The molecule has 3 rings (SSSR count). The predicted molar refractivity (Wildman–Crippen MR) is 80.2 cm³/mol. The van der Waals surface area contributed by atoms with Gasteiger partial charge in [-0.15, -0.1) is 0 Å². The molecule has 1 aliphatic heterocycles. The normalized spacial score (nSPS) is 22.6. The molecule has 0 spiro atoms. The number of nitrogens with zero attached hydrogens (tertiary/aromatic N) is 1. The van der Waals surface area contributed by atoms with Gasteiger partial charge in [0.2, 0.25) is 0 Å². The standard InChI is InChI=1S/C17H25FN2/c1-13-9-15(6-7-17(13)18)11-20(10-14-4-5-14)12-16-3-2-8-19-16/h6-7,9,14,16,19H,2-5,8,10-12H2,1H3. The Morgan fingerprint density at radius 2 is 2.10 bits per heavy atom. The van der Waals surface area contributed by atoms with Crippen LogP contribution in [-0.4, -0.2) is 30.6 Å². The third-order valence-corrected chi connectivity index (χ3v) is 4.48. The summed E-state index contributed by atoms with van der Waals surface area (Å²) in [5.41, 5.74) is 2.00. The Kier molecular flexibility index (Phi) is 4.37. The molecule has 110 valence electrons. The summed E-state index contributed by atoms with van der Waals surface area (Å²) in [5, 5.41) is 3.59. The maximum Gasteiger partial charge on any atom is 0.126 e. The number of benzene rings is 1. The van der Waals surface area contributed by atoms with E-state index in [2.05, 4.69) is 10.2 Å². The van der Waals surface area contributed by atoms with E-state index in [4.69, 9.17) is 0 Å². The summed E-state index contributed by atoms with van der Waals surface area (Å²) in [6, 6.07) is 6.19. The van der Waals surface area contributed by atoms with Crippen molar-refractivity contribution >= 4 is 0 Å². The number of hydrogen-bond acceptors (Lipinski definition) is 2. The highest BCUT2D eigenvalue weighted by molar-refractivity contribution is 5.23. The average Bonchev–Trinajstić information content (AvgIpc) is 3.08. The highest BCUT2D eigenvalue weighted by Crippen LogP contribution is 2.30. The van der Waals surface area contributed by atoms with Crippen molar-refractivity contribution in [3.8, 4) is 0 Å². The Labute approximate surface area is 121 Å². The molecule has 3 heteroatoms. The second kappa shape index (κ2) is 6.23. The first-order valence-electron chi connectivity index (χ1n) is 7.91. The van der Waals surface area contributed by atoms with Crippen molar-refractivity contribution in [1.29, 1.82) is 0 Å². The molecule has 2 fully saturated rings. The lowest BCUT2D eigenvalue weighted by molar-refractivity contribution is 0.231. The van der Waals surface area contributed by atoms with Gasteiger partial charge < -0.3 is 5.32 Å². The topological polar surface area (TPSA) is 15.3 Å². The van der Waals surface area contributed by atoms with Crippen LogP contribution in [0.15, 0.2) is 18.2 Å². The Morgan fingerprint density at radius 3 is 2.75 bits per heavy atom. The second-order valence-corrected chi connectivity index (χ2v) is 6.51. The van der Waals surface area contributed by atoms with Crippen molar-refractivity contribution in [1.82, 2.24) is 10.2 Å². The van der Waals surface area contributed by atoms with Gasteiger partial charge in [-0.1, -0.05) is 12.1 Å². The van der Waals surface area contributed by atoms with Crippen LogP contribution in [0.2, 0.25) is 0 Å². The molecule has 2 nitrogen and oxygen atoms in total. The second-order valence-electron chi connectivity index (χ2n) is 6.51. The third kappa shape index (κ3) is 3.80. The van der Waals surface area contributed by atoms with Crippen LogP contribution in [0.3, 0.4) is 0 Å². The van der Waals surface area contributed by atoms with E-state index in [1.54, 1.807) is 6.07 Å². The van der Waals surface area contributed by atoms with Gasteiger partial charge in [0.15, 0.2) is 0 Å². The monoisotopic (exact) mass is 276 g/mol. The van der Waals surface area contributed by atoms with E-state index in [0.717, 1.165) is 31.1 Å². The van der Waals surface area contributed by atoms with Crippen LogP contribution in [0.1, 0.15) is 36.8 Å². The lowest BCUT2D eigenvalue weighted by Gasteiger charge is -2.26. The van der Waals surface area contributed by atoms with Gasteiger partial charge in [-0.25, -0.2) is 4.39 Å². The molecule has 1 saturated carbocycles. The number of aryl methyl sites for hydroxylation is 1. The molecule has 1 aromatic carbocycles. The maximum absolute atomic E-state index is 13.4. The average molecular weight is 276 g/mol. The van der Waals surface area contributed by atoms with E-state index in [9.17, 15) is 4.39 Å². The largest absolute Gasteiger partial charge is 0.313 e. The summed E-state index contributed by atoms with van der Waals surface area (Å²) >= 11 is 0. The summed E-state index contributed by atoms with van der Waals surface area (Å²) in [4.78, 5) is 2.56. The van der Waals surface area contributed by atoms with Crippen LogP contribution in [0.5, 0.6) is 0 Å². The first-order chi connectivity index (χ1) is 9.70. The minimum absolute atomic E-state index is 0.0973. The number of hydrogen-bond donors (Lipinski definition) is 1. The molecule has 1 N–H and O–H groups in total. The van der Waals surface area contributed by atoms with Crippen molar-refractivity contribution in [2.24, 2.45) is 5.92 Å². The molecule has 0 bridgehead atoms. The van der Waals surface area contributed by atoms with E-state index in [1.807, 2.05) is 19.1 Å². The van der Waals surface area contributed by atoms with Crippen LogP contribution >= 0.6 is 0 Å². The van der Waals surface area contributed by atoms with Crippen molar-refractivity contribution in [3.05, 3.63) is 35.1 Å². The summed E-state index contributed by atoms with van der Waals surface area (Å²) in [5.74, 6) is 0.804. The summed E-state index contributed by atoms with van der Waals surface area (Å²) in [6.07, 6.45) is 5.37. The zero-order valence-corrected chi connectivity index (χ0v) is 12.4. The summed E-state index contributed by atoms with van der Waals surface area (Å²) < 4.78 is 13.4. The van der Waals surface area contributed by atoms with Crippen LogP contribution in [0.4, 0.5) is 4.39 Å². The molecule has 1 atom stereocenters. The lowest BCUT2D eigenvalue weighted by Crippen LogP contribution is -2.38. The maximum atomic E-state index is 13.4. The molecular formula is C17H25FN2. The van der Waals surface area contributed by atoms with E-state index < -0.39 is 0 Å². The zero-order chi connectivity index (χ0) is 13.9. The van der Waals surface area contributed by atoms with Gasteiger partial charge in [0.05, 0.1) is 0 Å². The molecular weight excluding hydrogens is 251 g/mol. The Hall–Kier alpha value is -0.930. The summed E-state index contributed by atoms with van der Waals surface area (Å²) in [7, 11) is 0. The van der Waals surface area contributed by atoms with Gasteiger partial charge >= 0.3 is 0 Å². The van der Waals surface area contributed by atoms with Gasteiger partial charge in [-0.3, -0.25) is 4.90 Å². The van der Waals surface area contributed by atoms with Crippen LogP contribution in [-0.2, 0) is 6.54 Å². The highest BCUT2D eigenvalue weighted by Gasteiger charge is 2.26. The predicted octanol–water partition coefficient (Wildman–Crippen LogP) is 3.10. The molecule has 1 saturated heterocycles. The van der Waals surface area contributed by atoms with Gasteiger partial charge in [-0.05, 0) is 62.3 Å². The quantitative estimate of drug-likeness (QED) is 0.859. The smallest absolute Gasteiger partial charge is 0.126 e. The third-order valence-electron chi connectivity index (χ3n) is 4.48.